The van der Waals surface area contributed by atoms with Crippen LogP contribution in [0.5, 0.6) is 5.75 Å². The molecule has 0 aliphatic heterocycles. The predicted octanol–water partition coefficient (Wildman–Crippen LogP) is 4.42. The topological polar surface area (TPSA) is 35.5 Å². The van der Waals surface area contributed by atoms with Crippen molar-refractivity contribution in [3.8, 4) is 5.75 Å². The van der Waals surface area contributed by atoms with Crippen molar-refractivity contribution in [2.75, 3.05) is 13.2 Å². The first-order valence-electron chi connectivity index (χ1n) is 12.7. The number of carbonyl (C=O) groups excluding carboxylic acids is 1. The van der Waals surface area contributed by atoms with E-state index in [1.807, 2.05) is 32.9 Å². The molecule has 0 amide bonds. The van der Waals surface area contributed by atoms with Gasteiger partial charge in [-0.1, -0.05) is 110 Å². The summed E-state index contributed by atoms with van der Waals surface area (Å²) in [5, 5.41) is 0. The number of benzene rings is 4. The molecule has 0 aliphatic rings. The van der Waals surface area contributed by atoms with Gasteiger partial charge in [0.2, 0.25) is 0 Å². The summed E-state index contributed by atoms with van der Waals surface area (Å²) in [7, 11) is 0. The zero-order valence-corrected chi connectivity index (χ0v) is 21.4. The van der Waals surface area contributed by atoms with Crippen molar-refractivity contribution in [2.24, 2.45) is 5.41 Å². The van der Waals surface area contributed by atoms with E-state index in [-0.39, 0.29) is 12.6 Å². The molecule has 0 aromatic heterocycles. The van der Waals surface area contributed by atoms with Crippen molar-refractivity contribution in [1.82, 2.24) is 0 Å². The van der Waals surface area contributed by atoms with Crippen LogP contribution in [0.2, 0.25) is 0 Å². The monoisotopic (exact) mass is 477 g/mol. The van der Waals surface area contributed by atoms with Gasteiger partial charge in [0, 0.05) is 0 Å². The molecular formula is C32H34BO3-. The Hall–Kier alpha value is -3.79. The fourth-order valence-electron chi connectivity index (χ4n) is 4.87. The minimum Gasteiger partial charge on any atom is -0.490 e. The van der Waals surface area contributed by atoms with Gasteiger partial charge in [0.05, 0.1) is 5.41 Å². The van der Waals surface area contributed by atoms with E-state index < -0.39 is 11.6 Å². The number of esters is 1. The Morgan fingerprint density at radius 3 is 1.47 bits per heavy atom. The van der Waals surface area contributed by atoms with Crippen LogP contribution in [-0.2, 0) is 9.53 Å². The summed E-state index contributed by atoms with van der Waals surface area (Å²) >= 11 is 0. The maximum absolute atomic E-state index is 12.2. The Kier molecular flexibility index (Phi) is 7.95. The maximum atomic E-state index is 12.2. The molecule has 4 rings (SSSR count). The molecule has 0 unspecified atom stereocenters. The van der Waals surface area contributed by atoms with Crippen molar-refractivity contribution in [2.45, 2.75) is 27.2 Å². The van der Waals surface area contributed by atoms with Crippen molar-refractivity contribution in [3.05, 3.63) is 115 Å². The smallest absolute Gasteiger partial charge is 0.311 e. The highest BCUT2D eigenvalue weighted by atomic mass is 16.6. The van der Waals surface area contributed by atoms with Crippen LogP contribution in [-0.4, -0.2) is 25.3 Å². The van der Waals surface area contributed by atoms with Gasteiger partial charge in [0.1, 0.15) is 25.1 Å². The number of ether oxygens (including phenoxy) is 2. The van der Waals surface area contributed by atoms with Crippen LogP contribution in [0.4, 0.5) is 0 Å². The third-order valence-electron chi connectivity index (χ3n) is 7.30. The molecular weight excluding hydrogens is 443 g/mol. The molecule has 0 bridgehead atoms. The Labute approximate surface area is 215 Å². The lowest BCUT2D eigenvalue weighted by molar-refractivity contribution is -0.154. The summed E-state index contributed by atoms with van der Waals surface area (Å²) < 4.78 is 11.3. The molecule has 0 aliphatic carbocycles. The van der Waals surface area contributed by atoms with Crippen LogP contribution in [0.3, 0.4) is 0 Å². The van der Waals surface area contributed by atoms with Gasteiger partial charge in [0.25, 0.3) is 0 Å². The Balaban J connectivity index is 1.65. The molecule has 0 radical (unpaired) electrons. The zero-order chi connectivity index (χ0) is 25.4. The molecule has 0 fully saturated rings. The van der Waals surface area contributed by atoms with E-state index in [4.69, 9.17) is 9.47 Å². The van der Waals surface area contributed by atoms with Crippen LogP contribution in [0.15, 0.2) is 115 Å². The molecule has 36 heavy (non-hydrogen) atoms. The van der Waals surface area contributed by atoms with Gasteiger partial charge >= 0.3 is 5.97 Å². The van der Waals surface area contributed by atoms with Gasteiger partial charge in [-0.2, -0.15) is 21.9 Å². The van der Waals surface area contributed by atoms with E-state index in [0.717, 1.165) is 12.2 Å². The Bertz CT molecular complexity index is 1140. The average Bonchev–Trinajstić information content (AvgIpc) is 2.94. The third kappa shape index (κ3) is 5.23. The zero-order valence-electron chi connectivity index (χ0n) is 21.4. The number of hydrogen-bond donors (Lipinski definition) is 0. The summed E-state index contributed by atoms with van der Waals surface area (Å²) in [6.07, 6.45) is -0.664. The highest BCUT2D eigenvalue weighted by molar-refractivity contribution is 7.19. The van der Waals surface area contributed by atoms with E-state index in [2.05, 4.69) is 103 Å². The molecule has 0 atom stereocenters. The fourth-order valence-corrected chi connectivity index (χ4v) is 4.87. The van der Waals surface area contributed by atoms with Gasteiger partial charge < -0.3 is 9.47 Å². The SMILES string of the molecule is CCC(C)(C)C(=O)OCCOc1ccc([B-](c2ccccc2)(c2ccccc2)c2ccccc2)cc1. The minimum atomic E-state index is -1.40. The lowest BCUT2D eigenvalue weighted by Gasteiger charge is -2.44. The first-order valence-corrected chi connectivity index (χ1v) is 12.7. The molecule has 4 heteroatoms. The highest BCUT2D eigenvalue weighted by Gasteiger charge is 2.31. The molecule has 3 nitrogen and oxygen atoms in total. The average molecular weight is 477 g/mol. The third-order valence-corrected chi connectivity index (χ3v) is 7.30. The van der Waals surface area contributed by atoms with E-state index in [1.165, 1.54) is 21.9 Å². The molecule has 0 N–H and O–H groups in total. The van der Waals surface area contributed by atoms with Gasteiger partial charge in [-0.25, -0.2) is 0 Å². The summed E-state index contributed by atoms with van der Waals surface area (Å²) in [5.74, 6) is 0.563. The van der Waals surface area contributed by atoms with Crippen LogP contribution >= 0.6 is 0 Å². The molecule has 184 valence electrons. The molecule has 0 heterocycles. The number of hydrogen-bond acceptors (Lipinski definition) is 3. The Morgan fingerprint density at radius 2 is 1.06 bits per heavy atom. The van der Waals surface area contributed by atoms with E-state index >= 15 is 0 Å². The van der Waals surface area contributed by atoms with E-state index in [0.29, 0.717) is 6.61 Å². The second-order valence-electron chi connectivity index (χ2n) is 9.89. The first kappa shape index (κ1) is 25.3. The van der Waals surface area contributed by atoms with E-state index in [9.17, 15) is 4.79 Å². The van der Waals surface area contributed by atoms with Crippen LogP contribution in [0.25, 0.3) is 0 Å². The highest BCUT2D eigenvalue weighted by Crippen LogP contribution is 2.21. The summed E-state index contributed by atoms with van der Waals surface area (Å²) in [6.45, 7) is 6.33. The van der Waals surface area contributed by atoms with E-state index in [1.54, 1.807) is 0 Å². The lowest BCUT2D eigenvalue weighted by Crippen LogP contribution is -2.74. The maximum Gasteiger partial charge on any atom is 0.311 e. The molecule has 0 saturated heterocycles. The quantitative estimate of drug-likeness (QED) is 0.193. The van der Waals surface area contributed by atoms with Crippen molar-refractivity contribution < 1.29 is 14.3 Å². The molecule has 4 aromatic carbocycles. The van der Waals surface area contributed by atoms with Crippen LogP contribution < -0.4 is 26.6 Å². The normalized spacial score (nSPS) is 11.6. The molecule has 4 aromatic rings. The van der Waals surface area contributed by atoms with Crippen molar-refractivity contribution in [1.29, 1.82) is 0 Å². The van der Waals surface area contributed by atoms with Crippen molar-refractivity contribution >= 4 is 34.0 Å². The molecule has 0 spiro atoms. The Morgan fingerprint density at radius 1 is 0.639 bits per heavy atom. The van der Waals surface area contributed by atoms with Crippen LogP contribution in [0, 0.1) is 5.41 Å². The number of carbonyl (C=O) groups is 1. The second-order valence-corrected chi connectivity index (χ2v) is 9.89. The lowest BCUT2D eigenvalue weighted by atomic mass is 9.13. The summed E-state index contributed by atoms with van der Waals surface area (Å²) in [5.41, 5.74) is 4.51. The van der Waals surface area contributed by atoms with Gasteiger partial charge in [-0.15, -0.1) is 0 Å². The first-order chi connectivity index (χ1) is 17.5. The number of rotatable bonds is 10. The minimum absolute atomic E-state index is 0.190. The van der Waals surface area contributed by atoms with Crippen LogP contribution in [0.1, 0.15) is 27.2 Å². The summed E-state index contributed by atoms with van der Waals surface area (Å²) in [4.78, 5) is 12.2. The van der Waals surface area contributed by atoms with Gasteiger partial charge in [-0.3, -0.25) is 4.79 Å². The second kappa shape index (κ2) is 11.3. The largest absolute Gasteiger partial charge is 0.490 e. The summed E-state index contributed by atoms with van der Waals surface area (Å²) in [6, 6.07) is 40.5. The van der Waals surface area contributed by atoms with Crippen molar-refractivity contribution in [3.63, 3.8) is 0 Å². The fraction of sp³-hybridized carbons (Fsp3) is 0.219. The predicted molar refractivity (Wildman–Crippen MR) is 151 cm³/mol. The van der Waals surface area contributed by atoms with Gasteiger partial charge in [0.15, 0.2) is 0 Å². The molecule has 0 saturated carbocycles. The van der Waals surface area contributed by atoms with Gasteiger partial charge in [-0.05, 0) is 32.4 Å². The standard InChI is InChI=1S/C32H34BO3/c1-4-32(2,3)31(34)36-25-24-35-30-22-20-29(21-23-30)33(26-14-8-5-9-15-26,27-16-10-6-11-17-27)28-18-12-7-13-19-28/h5-23H,4,24-25H2,1-3H3/q-1.